The third kappa shape index (κ3) is 4.04. The third-order valence-electron chi connectivity index (χ3n) is 2.73. The average Bonchev–Trinajstić information content (AvgIpc) is 2.33. The number of alkyl halides is 2. The highest BCUT2D eigenvalue weighted by atomic mass is 19.3. The Morgan fingerprint density at radius 3 is 2.53 bits per heavy atom. The van der Waals surface area contributed by atoms with Crippen molar-refractivity contribution in [3.05, 3.63) is 24.3 Å². The molecule has 1 heterocycles. The summed E-state index contributed by atoms with van der Waals surface area (Å²) in [4.78, 5) is 0. The third-order valence-corrected chi connectivity index (χ3v) is 2.73. The van der Waals surface area contributed by atoms with Crippen molar-refractivity contribution in [1.29, 1.82) is 0 Å². The molecule has 0 aliphatic carbocycles. The molecule has 0 bridgehead atoms. The van der Waals surface area contributed by atoms with E-state index < -0.39 is 12.4 Å². The van der Waals surface area contributed by atoms with Gasteiger partial charge in [-0.1, -0.05) is 12.1 Å². The van der Waals surface area contributed by atoms with Crippen molar-refractivity contribution < 1.29 is 23.0 Å². The van der Waals surface area contributed by atoms with Gasteiger partial charge < -0.3 is 19.5 Å². The van der Waals surface area contributed by atoms with E-state index in [0.29, 0.717) is 18.9 Å². The van der Waals surface area contributed by atoms with E-state index in [-0.39, 0.29) is 11.8 Å². The molecule has 0 radical (unpaired) electrons. The molecule has 106 valence electrons. The fourth-order valence-electron chi connectivity index (χ4n) is 1.78. The Morgan fingerprint density at radius 2 is 1.89 bits per heavy atom. The number of hydrogen-bond donors (Lipinski definition) is 1. The van der Waals surface area contributed by atoms with Gasteiger partial charge >= 0.3 is 6.61 Å². The van der Waals surface area contributed by atoms with E-state index in [0.717, 1.165) is 0 Å². The van der Waals surface area contributed by atoms with Gasteiger partial charge in [0, 0.05) is 0 Å². The number of halogens is 2. The molecular weight excluding hydrogens is 256 g/mol. The second-order valence-electron chi connectivity index (χ2n) is 4.74. The van der Waals surface area contributed by atoms with E-state index >= 15 is 0 Å². The van der Waals surface area contributed by atoms with Crippen molar-refractivity contribution in [2.45, 2.75) is 32.3 Å². The second kappa shape index (κ2) is 5.71. The van der Waals surface area contributed by atoms with Gasteiger partial charge in [0.15, 0.2) is 5.79 Å². The first-order valence-corrected chi connectivity index (χ1v) is 6.04. The van der Waals surface area contributed by atoms with Gasteiger partial charge in [0.25, 0.3) is 0 Å². The van der Waals surface area contributed by atoms with Gasteiger partial charge in [0.1, 0.15) is 5.75 Å². The fraction of sp³-hybridized carbons (Fsp3) is 0.538. The van der Waals surface area contributed by atoms with Crippen LogP contribution in [0.1, 0.15) is 13.8 Å². The topological polar surface area (TPSA) is 39.7 Å². The Bertz CT molecular complexity index is 416. The van der Waals surface area contributed by atoms with E-state index in [1.54, 1.807) is 18.2 Å². The van der Waals surface area contributed by atoms with Crippen molar-refractivity contribution >= 4 is 5.69 Å². The van der Waals surface area contributed by atoms with Crippen LogP contribution in [0.3, 0.4) is 0 Å². The van der Waals surface area contributed by atoms with Gasteiger partial charge in [-0.15, -0.1) is 0 Å². The molecule has 0 atom stereocenters. The maximum atomic E-state index is 12.3. The van der Waals surface area contributed by atoms with Gasteiger partial charge in [-0.25, -0.2) is 0 Å². The zero-order valence-corrected chi connectivity index (χ0v) is 10.9. The highest BCUT2D eigenvalue weighted by Crippen LogP contribution is 2.27. The Balaban J connectivity index is 1.99. The van der Waals surface area contributed by atoms with Crippen molar-refractivity contribution in [1.82, 2.24) is 0 Å². The Labute approximate surface area is 110 Å². The maximum Gasteiger partial charge on any atom is 0.387 e. The van der Waals surface area contributed by atoms with Crippen LogP contribution in [-0.4, -0.2) is 31.7 Å². The van der Waals surface area contributed by atoms with Crippen molar-refractivity contribution in [2.75, 3.05) is 18.5 Å². The minimum absolute atomic E-state index is 0.101. The molecule has 2 rings (SSSR count). The number of benzene rings is 1. The van der Waals surface area contributed by atoms with Gasteiger partial charge in [0.05, 0.1) is 24.9 Å². The zero-order chi connectivity index (χ0) is 13.9. The lowest BCUT2D eigenvalue weighted by atomic mass is 10.2. The first-order valence-electron chi connectivity index (χ1n) is 6.04. The predicted molar refractivity (Wildman–Crippen MR) is 66.5 cm³/mol. The summed E-state index contributed by atoms with van der Waals surface area (Å²) in [6, 6.07) is 6.45. The lowest BCUT2D eigenvalue weighted by Gasteiger charge is -2.35. The molecular formula is C13H17F2NO3. The molecule has 0 saturated carbocycles. The molecule has 0 amide bonds. The minimum atomic E-state index is -2.85. The van der Waals surface area contributed by atoms with Crippen LogP contribution in [0.4, 0.5) is 14.5 Å². The molecule has 1 aliphatic heterocycles. The molecule has 4 nitrogen and oxygen atoms in total. The van der Waals surface area contributed by atoms with E-state index in [4.69, 9.17) is 9.47 Å². The van der Waals surface area contributed by atoms with Crippen LogP contribution >= 0.6 is 0 Å². The second-order valence-corrected chi connectivity index (χ2v) is 4.74. The highest BCUT2D eigenvalue weighted by Gasteiger charge is 2.28. The summed E-state index contributed by atoms with van der Waals surface area (Å²) >= 11 is 0. The monoisotopic (exact) mass is 273 g/mol. The Hall–Kier alpha value is -1.40. The molecule has 1 aromatic rings. The number of rotatable bonds is 4. The molecule has 1 saturated heterocycles. The number of para-hydroxylation sites is 2. The summed E-state index contributed by atoms with van der Waals surface area (Å²) in [7, 11) is 0. The molecule has 1 N–H and O–H groups in total. The maximum absolute atomic E-state index is 12.3. The molecule has 0 spiro atoms. The van der Waals surface area contributed by atoms with E-state index in [1.807, 2.05) is 13.8 Å². The number of hydrogen-bond acceptors (Lipinski definition) is 4. The van der Waals surface area contributed by atoms with Crippen LogP contribution in [0.5, 0.6) is 5.75 Å². The zero-order valence-electron chi connectivity index (χ0n) is 10.9. The quantitative estimate of drug-likeness (QED) is 0.915. The first kappa shape index (κ1) is 14.0. The summed E-state index contributed by atoms with van der Waals surface area (Å²) in [5.74, 6) is -0.487. The molecule has 1 aliphatic rings. The Morgan fingerprint density at radius 1 is 1.26 bits per heavy atom. The predicted octanol–water partition coefficient (Wildman–Crippen LogP) is 2.85. The molecule has 19 heavy (non-hydrogen) atoms. The van der Waals surface area contributed by atoms with Crippen LogP contribution < -0.4 is 10.1 Å². The van der Waals surface area contributed by atoms with Crippen LogP contribution in [0.2, 0.25) is 0 Å². The smallest absolute Gasteiger partial charge is 0.387 e. The molecule has 0 aromatic heterocycles. The molecule has 1 aromatic carbocycles. The van der Waals surface area contributed by atoms with Crippen LogP contribution in [-0.2, 0) is 9.47 Å². The van der Waals surface area contributed by atoms with Crippen molar-refractivity contribution in [3.8, 4) is 5.75 Å². The number of nitrogens with one attached hydrogen (secondary N) is 1. The SMILES string of the molecule is CC1(C)OCC(Nc2ccccc2OC(F)F)CO1. The summed E-state index contributed by atoms with van der Waals surface area (Å²) in [6.07, 6.45) is 0. The lowest BCUT2D eigenvalue weighted by Crippen LogP contribution is -2.45. The van der Waals surface area contributed by atoms with Crippen molar-refractivity contribution in [3.63, 3.8) is 0 Å². The summed E-state index contributed by atoms with van der Waals surface area (Å²) in [6.45, 7) is 1.70. The average molecular weight is 273 g/mol. The van der Waals surface area contributed by atoms with Gasteiger partial charge in [-0.2, -0.15) is 8.78 Å². The molecule has 6 heteroatoms. The van der Waals surface area contributed by atoms with Crippen LogP contribution in [0.25, 0.3) is 0 Å². The normalized spacial score (nSPS) is 19.4. The summed E-state index contributed by atoms with van der Waals surface area (Å²) in [5.41, 5.74) is 0.500. The lowest BCUT2D eigenvalue weighted by molar-refractivity contribution is -0.247. The summed E-state index contributed by atoms with van der Waals surface area (Å²) in [5, 5.41) is 3.08. The molecule has 1 fully saturated rings. The largest absolute Gasteiger partial charge is 0.433 e. The van der Waals surface area contributed by atoms with Crippen LogP contribution in [0, 0.1) is 0 Å². The number of ether oxygens (including phenoxy) is 3. The van der Waals surface area contributed by atoms with E-state index in [2.05, 4.69) is 10.1 Å². The van der Waals surface area contributed by atoms with Gasteiger partial charge in [0.2, 0.25) is 0 Å². The van der Waals surface area contributed by atoms with E-state index in [9.17, 15) is 8.78 Å². The highest BCUT2D eigenvalue weighted by molar-refractivity contribution is 5.56. The standard InChI is InChI=1S/C13H17F2NO3/c1-13(2)17-7-9(8-18-13)16-10-5-3-4-6-11(10)19-12(14)15/h3-6,9,12,16H,7-8H2,1-2H3. The first-order chi connectivity index (χ1) is 8.96. The Kier molecular flexibility index (Phi) is 4.21. The van der Waals surface area contributed by atoms with Crippen molar-refractivity contribution in [2.24, 2.45) is 0 Å². The van der Waals surface area contributed by atoms with E-state index in [1.165, 1.54) is 6.07 Å². The van der Waals surface area contributed by atoms with Gasteiger partial charge in [-0.3, -0.25) is 0 Å². The molecule has 0 unspecified atom stereocenters. The minimum Gasteiger partial charge on any atom is -0.433 e. The van der Waals surface area contributed by atoms with Crippen LogP contribution in [0.15, 0.2) is 24.3 Å². The fourth-order valence-corrected chi connectivity index (χ4v) is 1.78. The number of anilines is 1. The summed E-state index contributed by atoms with van der Waals surface area (Å²) < 4.78 is 40.0. The van der Waals surface area contributed by atoms with Gasteiger partial charge in [-0.05, 0) is 26.0 Å².